The Kier molecular flexibility index (Phi) is 3.50. The SMILES string of the molecule is Br[C@H]1Cc2ccccc2[C@H]1OC1CCCCO1. The third-order valence-electron chi connectivity index (χ3n) is 3.54. The smallest absolute Gasteiger partial charge is 0.158 e. The first-order valence-corrected chi connectivity index (χ1v) is 7.25. The van der Waals surface area contributed by atoms with E-state index in [1.165, 1.54) is 24.0 Å². The highest BCUT2D eigenvalue weighted by molar-refractivity contribution is 9.09. The van der Waals surface area contributed by atoms with Crippen molar-refractivity contribution in [3.05, 3.63) is 35.4 Å². The van der Waals surface area contributed by atoms with Crippen LogP contribution in [-0.2, 0) is 15.9 Å². The van der Waals surface area contributed by atoms with Crippen molar-refractivity contribution < 1.29 is 9.47 Å². The molecule has 0 radical (unpaired) electrons. The molecule has 0 aromatic heterocycles. The van der Waals surface area contributed by atoms with Crippen LogP contribution in [0.15, 0.2) is 24.3 Å². The lowest BCUT2D eigenvalue weighted by molar-refractivity contribution is -0.187. The van der Waals surface area contributed by atoms with Crippen molar-refractivity contribution in [2.24, 2.45) is 0 Å². The lowest BCUT2D eigenvalue weighted by Gasteiger charge is -2.27. The molecule has 92 valence electrons. The van der Waals surface area contributed by atoms with Gasteiger partial charge in [-0.3, -0.25) is 0 Å². The molecule has 0 N–H and O–H groups in total. The van der Waals surface area contributed by atoms with Crippen LogP contribution in [0.2, 0.25) is 0 Å². The van der Waals surface area contributed by atoms with Gasteiger partial charge in [0.05, 0.1) is 6.10 Å². The molecule has 1 aromatic rings. The minimum Gasteiger partial charge on any atom is -0.353 e. The standard InChI is InChI=1S/C14H17BrO2/c15-12-9-10-5-1-2-6-11(10)14(12)17-13-7-3-4-8-16-13/h1-2,5-6,12-14H,3-4,7-9H2/t12-,13?,14+/m0/s1. The van der Waals surface area contributed by atoms with Gasteiger partial charge in [-0.25, -0.2) is 0 Å². The van der Waals surface area contributed by atoms with Gasteiger partial charge < -0.3 is 9.47 Å². The van der Waals surface area contributed by atoms with Crippen LogP contribution in [0.25, 0.3) is 0 Å². The van der Waals surface area contributed by atoms with E-state index in [1.54, 1.807) is 0 Å². The van der Waals surface area contributed by atoms with E-state index >= 15 is 0 Å². The second-order valence-electron chi connectivity index (χ2n) is 4.77. The maximum Gasteiger partial charge on any atom is 0.158 e. The minimum absolute atomic E-state index is 0.0139. The molecule has 1 saturated heterocycles. The van der Waals surface area contributed by atoms with Crippen LogP contribution in [0, 0.1) is 0 Å². The van der Waals surface area contributed by atoms with Gasteiger partial charge in [-0.15, -0.1) is 0 Å². The lowest BCUT2D eigenvalue weighted by Crippen LogP contribution is -2.26. The summed E-state index contributed by atoms with van der Waals surface area (Å²) in [5.41, 5.74) is 2.72. The van der Waals surface area contributed by atoms with Gasteiger partial charge in [0.15, 0.2) is 6.29 Å². The Morgan fingerprint density at radius 1 is 1.24 bits per heavy atom. The summed E-state index contributed by atoms with van der Waals surface area (Å²) in [6, 6.07) is 8.54. The predicted octanol–water partition coefficient (Wildman–Crippen LogP) is 3.59. The summed E-state index contributed by atoms with van der Waals surface area (Å²) in [7, 11) is 0. The number of halogens is 1. The molecule has 0 bridgehead atoms. The van der Waals surface area contributed by atoms with Crippen molar-refractivity contribution in [3.8, 4) is 0 Å². The molecule has 1 heterocycles. The van der Waals surface area contributed by atoms with E-state index in [2.05, 4.69) is 40.2 Å². The van der Waals surface area contributed by atoms with Crippen LogP contribution < -0.4 is 0 Å². The molecule has 1 fully saturated rings. The van der Waals surface area contributed by atoms with Gasteiger partial charge in [0.1, 0.15) is 0 Å². The van der Waals surface area contributed by atoms with Gasteiger partial charge in [-0.1, -0.05) is 40.2 Å². The molecule has 0 amide bonds. The van der Waals surface area contributed by atoms with E-state index in [1.807, 2.05) is 0 Å². The molecule has 1 aliphatic heterocycles. The first-order valence-electron chi connectivity index (χ1n) is 6.33. The third-order valence-corrected chi connectivity index (χ3v) is 4.35. The third kappa shape index (κ3) is 2.42. The van der Waals surface area contributed by atoms with E-state index in [4.69, 9.17) is 9.47 Å². The van der Waals surface area contributed by atoms with E-state index < -0.39 is 0 Å². The molecule has 2 aliphatic rings. The summed E-state index contributed by atoms with van der Waals surface area (Å²) in [6.45, 7) is 0.839. The van der Waals surface area contributed by atoms with Gasteiger partial charge in [0, 0.05) is 11.4 Å². The second-order valence-corrected chi connectivity index (χ2v) is 5.95. The summed E-state index contributed by atoms with van der Waals surface area (Å²) < 4.78 is 11.8. The number of alkyl halides is 1. The minimum atomic E-state index is -0.0139. The zero-order chi connectivity index (χ0) is 11.7. The topological polar surface area (TPSA) is 18.5 Å². The quantitative estimate of drug-likeness (QED) is 0.777. The average molecular weight is 297 g/mol. The number of hydrogen-bond donors (Lipinski definition) is 0. The van der Waals surface area contributed by atoms with Crippen molar-refractivity contribution in [1.29, 1.82) is 0 Å². The maximum atomic E-state index is 6.12. The summed E-state index contributed by atoms with van der Waals surface area (Å²) in [5, 5.41) is 0. The van der Waals surface area contributed by atoms with Gasteiger partial charge in [0.25, 0.3) is 0 Å². The van der Waals surface area contributed by atoms with Crippen LogP contribution in [-0.4, -0.2) is 17.7 Å². The molecule has 1 aromatic carbocycles. The Morgan fingerprint density at radius 2 is 2.12 bits per heavy atom. The normalized spacial score (nSPS) is 32.4. The molecule has 2 nitrogen and oxygen atoms in total. The Hall–Kier alpha value is -0.380. The summed E-state index contributed by atoms with van der Waals surface area (Å²) in [5.74, 6) is 0. The average Bonchev–Trinajstić information content (AvgIpc) is 2.68. The molecule has 3 heteroatoms. The first kappa shape index (κ1) is 11.7. The molecule has 1 unspecified atom stereocenters. The molecule has 0 saturated carbocycles. The maximum absolute atomic E-state index is 6.12. The monoisotopic (exact) mass is 296 g/mol. The highest BCUT2D eigenvalue weighted by Crippen LogP contribution is 2.39. The number of benzene rings is 1. The largest absolute Gasteiger partial charge is 0.353 e. The summed E-state index contributed by atoms with van der Waals surface area (Å²) >= 11 is 3.73. The number of hydrogen-bond acceptors (Lipinski definition) is 2. The van der Waals surface area contributed by atoms with Crippen LogP contribution in [0.1, 0.15) is 36.5 Å². The van der Waals surface area contributed by atoms with Crippen LogP contribution in [0.4, 0.5) is 0 Å². The van der Waals surface area contributed by atoms with Crippen LogP contribution in [0.5, 0.6) is 0 Å². The van der Waals surface area contributed by atoms with Crippen LogP contribution in [0.3, 0.4) is 0 Å². The van der Waals surface area contributed by atoms with Crippen molar-refractivity contribution in [1.82, 2.24) is 0 Å². The van der Waals surface area contributed by atoms with Gasteiger partial charge >= 0.3 is 0 Å². The Morgan fingerprint density at radius 3 is 2.94 bits per heavy atom. The molecular weight excluding hydrogens is 280 g/mol. The molecule has 3 rings (SSSR count). The highest BCUT2D eigenvalue weighted by Gasteiger charge is 2.33. The van der Waals surface area contributed by atoms with Crippen molar-refractivity contribution >= 4 is 15.9 Å². The van der Waals surface area contributed by atoms with Gasteiger partial charge in [-0.2, -0.15) is 0 Å². The number of rotatable bonds is 2. The van der Waals surface area contributed by atoms with Gasteiger partial charge in [-0.05, 0) is 36.8 Å². The van der Waals surface area contributed by atoms with Gasteiger partial charge in [0.2, 0.25) is 0 Å². The lowest BCUT2D eigenvalue weighted by atomic mass is 10.1. The molecule has 1 aliphatic carbocycles. The van der Waals surface area contributed by atoms with E-state index in [0.29, 0.717) is 4.83 Å². The Balaban J connectivity index is 1.74. The molecule has 3 atom stereocenters. The number of ether oxygens (including phenoxy) is 2. The summed E-state index contributed by atoms with van der Waals surface area (Å²) in [6.07, 6.45) is 4.59. The Bertz CT molecular complexity index is 388. The van der Waals surface area contributed by atoms with E-state index in [-0.39, 0.29) is 12.4 Å². The highest BCUT2D eigenvalue weighted by atomic mass is 79.9. The first-order chi connectivity index (χ1) is 8.34. The van der Waals surface area contributed by atoms with Crippen molar-refractivity contribution in [2.75, 3.05) is 6.61 Å². The fourth-order valence-corrected chi connectivity index (χ4v) is 3.41. The Labute approximate surface area is 110 Å². The molecular formula is C14H17BrO2. The van der Waals surface area contributed by atoms with Crippen molar-refractivity contribution in [3.63, 3.8) is 0 Å². The van der Waals surface area contributed by atoms with Crippen LogP contribution >= 0.6 is 15.9 Å². The number of fused-ring (bicyclic) bond motifs is 1. The zero-order valence-corrected chi connectivity index (χ0v) is 11.4. The van der Waals surface area contributed by atoms with E-state index in [0.717, 1.165) is 19.4 Å². The molecule has 0 spiro atoms. The zero-order valence-electron chi connectivity index (χ0n) is 9.77. The fourth-order valence-electron chi connectivity index (χ4n) is 2.65. The summed E-state index contributed by atoms with van der Waals surface area (Å²) in [4.78, 5) is 0.380. The van der Waals surface area contributed by atoms with E-state index in [9.17, 15) is 0 Å². The molecule has 17 heavy (non-hydrogen) atoms. The fraction of sp³-hybridized carbons (Fsp3) is 0.571. The predicted molar refractivity (Wildman–Crippen MR) is 70.3 cm³/mol. The van der Waals surface area contributed by atoms with Crippen molar-refractivity contribution in [2.45, 2.75) is 42.9 Å². The second kappa shape index (κ2) is 5.09.